The van der Waals surface area contributed by atoms with E-state index >= 15 is 0 Å². The summed E-state index contributed by atoms with van der Waals surface area (Å²) < 4.78 is 0. The minimum Gasteiger partial charge on any atom is -0.309 e. The topological polar surface area (TPSA) is 12.0 Å². The van der Waals surface area contributed by atoms with Crippen LogP contribution < -0.4 is 5.32 Å². The van der Waals surface area contributed by atoms with Crippen LogP contribution in [0.3, 0.4) is 0 Å². The number of thiophene rings is 1. The van der Waals surface area contributed by atoms with Crippen molar-refractivity contribution in [2.75, 3.05) is 6.54 Å². The van der Waals surface area contributed by atoms with Gasteiger partial charge < -0.3 is 5.32 Å². The van der Waals surface area contributed by atoms with Crippen molar-refractivity contribution in [3.8, 4) is 0 Å². The predicted octanol–water partition coefficient (Wildman–Crippen LogP) is 3.93. The average molecular weight is 237 g/mol. The largest absolute Gasteiger partial charge is 0.309 e. The van der Waals surface area contributed by atoms with Gasteiger partial charge in [0.15, 0.2) is 0 Å². The number of rotatable bonds is 5. The number of nitrogens with one attached hydrogen (secondary N) is 1. The van der Waals surface area contributed by atoms with Crippen molar-refractivity contribution in [1.82, 2.24) is 5.32 Å². The second-order valence-corrected chi connectivity index (χ2v) is 6.29. The van der Waals surface area contributed by atoms with E-state index in [1.54, 1.807) is 15.3 Å². The molecule has 1 aromatic heterocycles. The van der Waals surface area contributed by atoms with Crippen LogP contribution in [0.5, 0.6) is 0 Å². The smallest absolute Gasteiger partial charge is 0.0438 e. The van der Waals surface area contributed by atoms with Gasteiger partial charge in [0.1, 0.15) is 0 Å². The van der Waals surface area contributed by atoms with Crippen LogP contribution in [0.4, 0.5) is 0 Å². The van der Waals surface area contributed by atoms with Gasteiger partial charge in [0.2, 0.25) is 0 Å². The Balaban J connectivity index is 2.12. The van der Waals surface area contributed by atoms with E-state index in [9.17, 15) is 0 Å². The number of hydrogen-bond donors (Lipinski definition) is 1. The van der Waals surface area contributed by atoms with Gasteiger partial charge in [-0.3, -0.25) is 0 Å². The highest BCUT2D eigenvalue weighted by Crippen LogP contribution is 2.36. The highest BCUT2D eigenvalue weighted by atomic mass is 32.1. The quantitative estimate of drug-likeness (QED) is 0.818. The number of fused-ring (bicyclic) bond motifs is 1. The van der Waals surface area contributed by atoms with Gasteiger partial charge in [0, 0.05) is 15.8 Å². The van der Waals surface area contributed by atoms with Crippen LogP contribution in [0.2, 0.25) is 0 Å². The van der Waals surface area contributed by atoms with Gasteiger partial charge in [-0.25, -0.2) is 0 Å². The zero-order chi connectivity index (χ0) is 11.5. The molecule has 1 N–H and O–H groups in total. The second kappa shape index (κ2) is 5.33. The van der Waals surface area contributed by atoms with E-state index in [-0.39, 0.29) is 0 Å². The molecule has 0 spiro atoms. The highest BCUT2D eigenvalue weighted by molar-refractivity contribution is 7.12. The summed E-state index contributed by atoms with van der Waals surface area (Å²) in [5.74, 6) is 0.685. The number of aryl methyl sites for hydroxylation is 2. The first-order valence-corrected chi connectivity index (χ1v) is 7.39. The molecule has 2 heteroatoms. The Morgan fingerprint density at radius 2 is 2.19 bits per heavy atom. The minimum absolute atomic E-state index is 0.565. The Kier molecular flexibility index (Phi) is 4.04. The molecule has 0 saturated carbocycles. The Labute approximate surface area is 103 Å². The Morgan fingerprint density at radius 3 is 2.81 bits per heavy atom. The molecule has 0 bridgehead atoms. The highest BCUT2D eigenvalue weighted by Gasteiger charge is 2.21. The zero-order valence-electron chi connectivity index (χ0n) is 10.7. The zero-order valence-corrected chi connectivity index (χ0v) is 11.5. The monoisotopic (exact) mass is 237 g/mol. The average Bonchev–Trinajstić information content (AvgIpc) is 2.77. The first-order chi connectivity index (χ1) is 7.72. The van der Waals surface area contributed by atoms with E-state index in [4.69, 9.17) is 0 Å². The maximum Gasteiger partial charge on any atom is 0.0438 e. The molecule has 1 aliphatic rings. The van der Waals surface area contributed by atoms with E-state index in [1.807, 2.05) is 11.3 Å². The van der Waals surface area contributed by atoms with Crippen LogP contribution >= 0.6 is 11.3 Å². The Bertz CT molecular complexity index is 319. The molecule has 1 heterocycles. The van der Waals surface area contributed by atoms with Crippen LogP contribution in [-0.4, -0.2) is 6.54 Å². The fourth-order valence-corrected chi connectivity index (χ4v) is 3.98. The maximum absolute atomic E-state index is 3.68. The molecule has 0 fully saturated rings. The SMILES string of the molecule is CCCNC(c1cc2c(s1)CCC2)C(C)C. The fourth-order valence-electron chi connectivity index (χ4n) is 2.47. The summed E-state index contributed by atoms with van der Waals surface area (Å²) in [7, 11) is 0. The fraction of sp³-hybridized carbons (Fsp3) is 0.714. The molecule has 1 aliphatic carbocycles. The second-order valence-electron chi connectivity index (χ2n) is 5.13. The summed E-state index contributed by atoms with van der Waals surface area (Å²) in [5, 5.41) is 3.68. The minimum atomic E-state index is 0.565. The van der Waals surface area contributed by atoms with Gasteiger partial charge >= 0.3 is 0 Å². The summed E-state index contributed by atoms with van der Waals surface area (Å²) in [4.78, 5) is 3.21. The lowest BCUT2D eigenvalue weighted by molar-refractivity contribution is 0.418. The molecule has 0 saturated heterocycles. The van der Waals surface area contributed by atoms with Crippen molar-refractivity contribution in [2.45, 2.75) is 52.5 Å². The summed E-state index contributed by atoms with van der Waals surface area (Å²) in [6, 6.07) is 3.02. The van der Waals surface area contributed by atoms with E-state index < -0.39 is 0 Å². The normalized spacial score (nSPS) is 16.8. The van der Waals surface area contributed by atoms with Gasteiger partial charge in [0.05, 0.1) is 0 Å². The van der Waals surface area contributed by atoms with Crippen LogP contribution in [0.25, 0.3) is 0 Å². The van der Waals surface area contributed by atoms with E-state index in [0.29, 0.717) is 12.0 Å². The first-order valence-electron chi connectivity index (χ1n) is 6.57. The molecule has 2 rings (SSSR count). The van der Waals surface area contributed by atoms with E-state index in [2.05, 4.69) is 32.2 Å². The lowest BCUT2D eigenvalue weighted by Crippen LogP contribution is -2.25. The number of hydrogen-bond acceptors (Lipinski definition) is 2. The predicted molar refractivity (Wildman–Crippen MR) is 72.2 cm³/mol. The van der Waals surface area contributed by atoms with Crippen molar-refractivity contribution >= 4 is 11.3 Å². The van der Waals surface area contributed by atoms with Crippen molar-refractivity contribution in [3.05, 3.63) is 21.4 Å². The molecule has 0 aliphatic heterocycles. The lowest BCUT2D eigenvalue weighted by Gasteiger charge is -2.21. The molecular weight excluding hydrogens is 214 g/mol. The van der Waals surface area contributed by atoms with Crippen LogP contribution in [0.15, 0.2) is 6.07 Å². The van der Waals surface area contributed by atoms with Gasteiger partial charge in [-0.15, -0.1) is 11.3 Å². The van der Waals surface area contributed by atoms with Crippen molar-refractivity contribution in [2.24, 2.45) is 5.92 Å². The molecule has 16 heavy (non-hydrogen) atoms. The van der Waals surface area contributed by atoms with E-state index in [0.717, 1.165) is 6.54 Å². The molecule has 1 aromatic rings. The third-order valence-electron chi connectivity index (χ3n) is 3.35. The van der Waals surface area contributed by atoms with Gasteiger partial charge in [-0.05, 0) is 49.8 Å². The molecule has 1 nitrogen and oxygen atoms in total. The summed E-state index contributed by atoms with van der Waals surface area (Å²) in [6.07, 6.45) is 5.22. The van der Waals surface area contributed by atoms with Gasteiger partial charge in [-0.2, -0.15) is 0 Å². The maximum atomic E-state index is 3.68. The van der Waals surface area contributed by atoms with Crippen LogP contribution in [0, 0.1) is 5.92 Å². The van der Waals surface area contributed by atoms with Crippen LogP contribution in [0.1, 0.15) is 55.0 Å². The summed E-state index contributed by atoms with van der Waals surface area (Å²) in [6.45, 7) is 8.00. The van der Waals surface area contributed by atoms with Crippen molar-refractivity contribution in [3.63, 3.8) is 0 Å². The van der Waals surface area contributed by atoms with Crippen molar-refractivity contribution < 1.29 is 0 Å². The van der Waals surface area contributed by atoms with Crippen LogP contribution in [-0.2, 0) is 12.8 Å². The third-order valence-corrected chi connectivity index (χ3v) is 4.67. The van der Waals surface area contributed by atoms with Gasteiger partial charge in [-0.1, -0.05) is 20.8 Å². The molecule has 0 aromatic carbocycles. The molecule has 1 unspecified atom stereocenters. The van der Waals surface area contributed by atoms with E-state index in [1.165, 1.54) is 25.7 Å². The lowest BCUT2D eigenvalue weighted by atomic mass is 10.0. The third kappa shape index (κ3) is 2.49. The molecule has 90 valence electrons. The Hall–Kier alpha value is -0.340. The van der Waals surface area contributed by atoms with Crippen molar-refractivity contribution in [1.29, 1.82) is 0 Å². The molecular formula is C14H23NS. The molecule has 1 atom stereocenters. The molecule has 0 amide bonds. The standard InChI is InChI=1S/C14H23NS/c1-4-8-15-14(10(2)3)13-9-11-6-5-7-12(11)16-13/h9-10,14-15H,4-8H2,1-3H3. The molecule has 0 radical (unpaired) electrons. The summed E-state index contributed by atoms with van der Waals surface area (Å²) in [5.41, 5.74) is 1.63. The Morgan fingerprint density at radius 1 is 1.38 bits per heavy atom. The summed E-state index contributed by atoms with van der Waals surface area (Å²) >= 11 is 2.05. The first kappa shape index (κ1) is 12.1. The van der Waals surface area contributed by atoms with Gasteiger partial charge in [0.25, 0.3) is 0 Å².